The molecule has 0 aliphatic carbocycles. The number of nitrogens with zero attached hydrogens (tertiary/aromatic N) is 5. The molecular weight excluding hydrogens is 410 g/mol. The number of imide groups is 1. The Morgan fingerprint density at radius 1 is 1.03 bits per heavy atom. The molecule has 166 valence electrons. The molecule has 32 heavy (non-hydrogen) atoms. The van der Waals surface area contributed by atoms with Gasteiger partial charge in [0.1, 0.15) is 11.5 Å². The Morgan fingerprint density at radius 3 is 2.53 bits per heavy atom. The molecule has 3 heterocycles. The van der Waals surface area contributed by atoms with Gasteiger partial charge in [-0.1, -0.05) is 30.3 Å². The lowest BCUT2D eigenvalue weighted by atomic mass is 10.1. The molecule has 5 rings (SSSR count). The predicted octanol–water partition coefficient (Wildman–Crippen LogP) is 1.98. The Morgan fingerprint density at radius 2 is 1.81 bits per heavy atom. The number of amides is 3. The number of aliphatic imine (C=N–C) groups is 1. The van der Waals surface area contributed by atoms with Crippen LogP contribution in [0.25, 0.3) is 0 Å². The van der Waals surface area contributed by atoms with E-state index in [0.29, 0.717) is 30.5 Å². The zero-order valence-electron chi connectivity index (χ0n) is 18.3. The molecule has 0 N–H and O–H groups in total. The first kappa shape index (κ1) is 20.2. The van der Waals surface area contributed by atoms with E-state index in [9.17, 15) is 9.59 Å². The highest BCUT2D eigenvalue weighted by atomic mass is 16.5. The molecule has 0 aromatic heterocycles. The van der Waals surface area contributed by atoms with Gasteiger partial charge in [-0.2, -0.15) is 0 Å². The third-order valence-corrected chi connectivity index (χ3v) is 6.24. The molecule has 9 nitrogen and oxygen atoms in total. The van der Waals surface area contributed by atoms with Crippen LogP contribution < -0.4 is 14.4 Å². The Bertz CT molecular complexity index is 1090. The summed E-state index contributed by atoms with van der Waals surface area (Å²) in [6.45, 7) is 1.53. The molecule has 0 bridgehead atoms. The molecule has 3 aliphatic rings. The number of benzene rings is 2. The number of methoxy groups -OCH3 is 2. The number of carbonyl (C=O) groups excluding carboxylic acids is 2. The number of anilines is 1. The largest absolute Gasteiger partial charge is 0.497 e. The molecule has 0 radical (unpaired) electrons. The summed E-state index contributed by atoms with van der Waals surface area (Å²) in [5.74, 6) is 1.81. The van der Waals surface area contributed by atoms with E-state index >= 15 is 0 Å². The molecule has 0 spiro atoms. The van der Waals surface area contributed by atoms with E-state index in [2.05, 4.69) is 0 Å². The van der Waals surface area contributed by atoms with Gasteiger partial charge < -0.3 is 24.2 Å². The van der Waals surface area contributed by atoms with Crippen molar-refractivity contribution in [1.82, 2.24) is 14.7 Å². The number of ether oxygens (including phenoxy) is 2. The molecule has 2 unspecified atom stereocenters. The predicted molar refractivity (Wildman–Crippen MR) is 119 cm³/mol. The molecule has 2 atom stereocenters. The Hall–Kier alpha value is -3.75. The number of likely N-dealkylation sites (N-methyl/N-ethyl adjacent to an activating group) is 1. The van der Waals surface area contributed by atoms with Crippen molar-refractivity contribution in [3.8, 4) is 11.5 Å². The van der Waals surface area contributed by atoms with E-state index in [1.165, 1.54) is 4.90 Å². The van der Waals surface area contributed by atoms with Crippen molar-refractivity contribution in [3.05, 3.63) is 54.1 Å². The number of carbonyl (C=O) groups is 2. The van der Waals surface area contributed by atoms with E-state index in [1.807, 2.05) is 58.3 Å². The quantitative estimate of drug-likeness (QED) is 0.715. The highest BCUT2D eigenvalue weighted by Gasteiger charge is 2.54. The van der Waals surface area contributed by atoms with Crippen molar-refractivity contribution in [2.45, 2.75) is 18.8 Å². The number of rotatable bonds is 5. The normalized spacial score (nSPS) is 22.2. The van der Waals surface area contributed by atoms with Crippen LogP contribution in [-0.4, -0.2) is 79.2 Å². The van der Waals surface area contributed by atoms with Crippen molar-refractivity contribution in [1.29, 1.82) is 0 Å². The summed E-state index contributed by atoms with van der Waals surface area (Å²) in [4.78, 5) is 38.2. The molecule has 2 saturated heterocycles. The van der Waals surface area contributed by atoms with E-state index in [0.717, 1.165) is 11.3 Å². The Balaban J connectivity index is 1.45. The minimum atomic E-state index is -0.552. The summed E-state index contributed by atoms with van der Waals surface area (Å²) >= 11 is 0. The summed E-state index contributed by atoms with van der Waals surface area (Å²) in [5, 5.41) is 0. The SMILES string of the molecule is COc1ccc(N2CCN3C2=NC2C3C(=O)N(Cc3ccccc3)C(=O)N2C)c(OC)c1. The molecule has 2 aromatic carbocycles. The maximum Gasteiger partial charge on any atom is 0.328 e. The van der Waals surface area contributed by atoms with Gasteiger partial charge in [0, 0.05) is 26.2 Å². The Kier molecular flexibility index (Phi) is 4.88. The standard InChI is InChI=1S/C23H25N5O4/c1-25-20-19(21(29)28(23(25)30)14-15-7-5-4-6-8-15)27-12-11-26(22(27)24-20)17-10-9-16(31-2)13-18(17)32-3/h4-10,13,19-20H,11-12,14H2,1-3H3. The summed E-state index contributed by atoms with van der Waals surface area (Å²) in [6.07, 6.45) is -0.552. The van der Waals surface area contributed by atoms with Gasteiger partial charge in [-0.15, -0.1) is 0 Å². The van der Waals surface area contributed by atoms with Gasteiger partial charge in [-0.05, 0) is 17.7 Å². The third kappa shape index (κ3) is 3.04. The number of fused-ring (bicyclic) bond motifs is 3. The second kappa shape index (κ2) is 7.74. The molecule has 2 fully saturated rings. The average Bonchev–Trinajstić information content (AvgIpc) is 3.40. The minimum Gasteiger partial charge on any atom is -0.497 e. The number of guanidine groups is 1. The first-order valence-corrected chi connectivity index (χ1v) is 10.5. The summed E-state index contributed by atoms with van der Waals surface area (Å²) < 4.78 is 10.9. The van der Waals surface area contributed by atoms with Crippen molar-refractivity contribution in [2.75, 3.05) is 39.3 Å². The monoisotopic (exact) mass is 435 g/mol. The molecule has 9 heteroatoms. The van der Waals surface area contributed by atoms with Gasteiger partial charge in [0.2, 0.25) is 5.96 Å². The first-order valence-electron chi connectivity index (χ1n) is 10.5. The van der Waals surface area contributed by atoms with Crippen LogP contribution in [0.1, 0.15) is 5.56 Å². The van der Waals surface area contributed by atoms with Crippen LogP contribution in [0.5, 0.6) is 11.5 Å². The van der Waals surface area contributed by atoms with Gasteiger partial charge in [0.25, 0.3) is 5.91 Å². The first-order chi connectivity index (χ1) is 15.5. The van der Waals surface area contributed by atoms with Crippen LogP contribution in [0.3, 0.4) is 0 Å². The second-order valence-electron chi connectivity index (χ2n) is 7.97. The lowest BCUT2D eigenvalue weighted by Gasteiger charge is -2.40. The van der Waals surface area contributed by atoms with Gasteiger partial charge in [0.15, 0.2) is 12.2 Å². The lowest BCUT2D eigenvalue weighted by molar-refractivity contribution is -0.137. The van der Waals surface area contributed by atoms with Crippen molar-refractivity contribution in [2.24, 2.45) is 4.99 Å². The highest BCUT2D eigenvalue weighted by molar-refractivity contribution is 6.08. The number of hydrogen-bond donors (Lipinski definition) is 0. The van der Waals surface area contributed by atoms with Gasteiger partial charge in [-0.25, -0.2) is 9.79 Å². The maximum atomic E-state index is 13.5. The fourth-order valence-corrected chi connectivity index (χ4v) is 4.58. The lowest BCUT2D eigenvalue weighted by Crippen LogP contribution is -2.64. The minimum absolute atomic E-state index is 0.218. The summed E-state index contributed by atoms with van der Waals surface area (Å²) in [6, 6.07) is 14.3. The fourth-order valence-electron chi connectivity index (χ4n) is 4.58. The highest BCUT2D eigenvalue weighted by Crippen LogP contribution is 2.38. The van der Waals surface area contributed by atoms with Crippen LogP contribution in [-0.2, 0) is 11.3 Å². The van der Waals surface area contributed by atoms with Gasteiger partial charge in [-0.3, -0.25) is 9.69 Å². The van der Waals surface area contributed by atoms with E-state index in [-0.39, 0.29) is 18.5 Å². The summed E-state index contributed by atoms with van der Waals surface area (Å²) in [5.41, 5.74) is 1.75. The fraction of sp³-hybridized carbons (Fsp3) is 0.348. The maximum absolute atomic E-state index is 13.5. The number of hydrogen-bond acceptors (Lipinski definition) is 7. The third-order valence-electron chi connectivity index (χ3n) is 6.24. The van der Waals surface area contributed by atoms with Crippen LogP contribution in [0.2, 0.25) is 0 Å². The molecular formula is C23H25N5O4. The van der Waals surface area contributed by atoms with Crippen LogP contribution in [0.4, 0.5) is 10.5 Å². The van der Waals surface area contributed by atoms with Crippen molar-refractivity contribution < 1.29 is 19.1 Å². The number of urea groups is 1. The summed E-state index contributed by atoms with van der Waals surface area (Å²) in [7, 11) is 4.92. The van der Waals surface area contributed by atoms with Gasteiger partial charge >= 0.3 is 6.03 Å². The topological polar surface area (TPSA) is 77.9 Å². The smallest absolute Gasteiger partial charge is 0.328 e. The average molecular weight is 435 g/mol. The van der Waals surface area contributed by atoms with E-state index in [1.54, 1.807) is 26.2 Å². The zero-order chi connectivity index (χ0) is 22.4. The second-order valence-corrected chi connectivity index (χ2v) is 7.97. The van der Waals surface area contributed by atoms with Crippen LogP contribution in [0, 0.1) is 0 Å². The Labute approximate surface area is 186 Å². The van der Waals surface area contributed by atoms with Crippen molar-refractivity contribution in [3.63, 3.8) is 0 Å². The molecule has 3 amide bonds. The molecule has 0 saturated carbocycles. The van der Waals surface area contributed by atoms with Crippen LogP contribution in [0.15, 0.2) is 53.5 Å². The van der Waals surface area contributed by atoms with Gasteiger partial charge in [0.05, 0.1) is 26.5 Å². The van der Waals surface area contributed by atoms with Crippen LogP contribution >= 0.6 is 0 Å². The molecule has 3 aliphatic heterocycles. The van der Waals surface area contributed by atoms with Crippen molar-refractivity contribution >= 4 is 23.6 Å². The zero-order valence-corrected chi connectivity index (χ0v) is 18.3. The van der Waals surface area contributed by atoms with E-state index in [4.69, 9.17) is 14.5 Å². The molecule has 2 aromatic rings. The van der Waals surface area contributed by atoms with E-state index < -0.39 is 12.2 Å².